The van der Waals surface area contributed by atoms with Crippen LogP contribution in [0.25, 0.3) is 16.5 Å². The molecule has 0 saturated heterocycles. The van der Waals surface area contributed by atoms with Crippen LogP contribution in [0.1, 0.15) is 34.9 Å². The molecule has 1 aromatic carbocycles. The fourth-order valence-corrected chi connectivity index (χ4v) is 3.21. The summed E-state index contributed by atoms with van der Waals surface area (Å²) >= 11 is 0. The highest BCUT2D eigenvalue weighted by Gasteiger charge is 2.18. The maximum absolute atomic E-state index is 12.5. The monoisotopic (exact) mass is 364 g/mol. The smallest absolute Gasteiger partial charge is 0.249 e. The number of nitrogens with one attached hydrogen (secondary N) is 1. The zero-order chi connectivity index (χ0) is 19.7. The summed E-state index contributed by atoms with van der Waals surface area (Å²) in [6.07, 6.45) is 3.23. The molecule has 2 aromatic heterocycles. The number of fused-ring (bicyclic) bond motifs is 1. The Morgan fingerprint density at radius 3 is 2.63 bits per heavy atom. The Bertz CT molecular complexity index is 1060. The number of hydrogen-bond acceptors (Lipinski definition) is 4. The molecule has 3 aromatic rings. The lowest BCUT2D eigenvalue weighted by atomic mass is 9.98. The minimum atomic E-state index is -0.228. The highest BCUT2D eigenvalue weighted by atomic mass is 16.5. The van der Waals surface area contributed by atoms with Gasteiger partial charge in [0.15, 0.2) is 0 Å². The number of ether oxygens (including phenoxy) is 1. The molecule has 0 spiro atoms. The Kier molecular flexibility index (Phi) is 5.04. The second kappa shape index (κ2) is 7.27. The SMILES string of the molecule is COc1c(/C(C)=C/C(=O)Nc2ncccc2C)cc2c(C)c(C)oc2c1C. The van der Waals surface area contributed by atoms with E-state index in [1.54, 1.807) is 19.4 Å². The molecule has 0 aliphatic heterocycles. The average molecular weight is 364 g/mol. The third-order valence-electron chi connectivity index (χ3n) is 4.87. The first kappa shape index (κ1) is 18.7. The Balaban J connectivity index is 2.02. The number of amides is 1. The van der Waals surface area contributed by atoms with Gasteiger partial charge in [-0.2, -0.15) is 0 Å². The van der Waals surface area contributed by atoms with Crippen LogP contribution < -0.4 is 10.1 Å². The van der Waals surface area contributed by atoms with Gasteiger partial charge in [0.2, 0.25) is 5.91 Å². The summed E-state index contributed by atoms with van der Waals surface area (Å²) in [4.78, 5) is 16.7. The average Bonchev–Trinajstić information content (AvgIpc) is 2.92. The van der Waals surface area contributed by atoms with Crippen molar-refractivity contribution in [2.45, 2.75) is 34.6 Å². The number of methoxy groups -OCH3 is 1. The molecule has 0 bridgehead atoms. The van der Waals surface area contributed by atoms with E-state index < -0.39 is 0 Å². The molecule has 1 N–H and O–H groups in total. The fraction of sp³-hybridized carbons (Fsp3) is 0.273. The van der Waals surface area contributed by atoms with Crippen molar-refractivity contribution in [2.75, 3.05) is 12.4 Å². The Morgan fingerprint density at radius 1 is 1.22 bits per heavy atom. The number of furan rings is 1. The minimum absolute atomic E-state index is 0.228. The van der Waals surface area contributed by atoms with E-state index in [0.29, 0.717) is 11.6 Å². The zero-order valence-corrected chi connectivity index (χ0v) is 16.6. The summed E-state index contributed by atoms with van der Waals surface area (Å²) in [5.74, 6) is 1.93. The Morgan fingerprint density at radius 2 is 1.96 bits per heavy atom. The van der Waals surface area contributed by atoms with E-state index in [0.717, 1.165) is 44.6 Å². The lowest BCUT2D eigenvalue weighted by Gasteiger charge is -2.13. The van der Waals surface area contributed by atoms with Crippen LogP contribution in [0.5, 0.6) is 5.75 Å². The molecule has 0 saturated carbocycles. The van der Waals surface area contributed by atoms with Crippen molar-refractivity contribution in [3.05, 3.63) is 58.5 Å². The highest BCUT2D eigenvalue weighted by Crippen LogP contribution is 2.38. The summed E-state index contributed by atoms with van der Waals surface area (Å²) in [5, 5.41) is 3.87. The van der Waals surface area contributed by atoms with Crippen LogP contribution in [0, 0.1) is 27.7 Å². The normalized spacial score (nSPS) is 11.7. The van der Waals surface area contributed by atoms with Crippen molar-refractivity contribution in [1.82, 2.24) is 4.98 Å². The Labute approximate surface area is 159 Å². The minimum Gasteiger partial charge on any atom is -0.496 e. The summed E-state index contributed by atoms with van der Waals surface area (Å²) in [6, 6.07) is 5.77. The number of allylic oxidation sites excluding steroid dienone is 1. The molecule has 5 nitrogen and oxygen atoms in total. The Hall–Kier alpha value is -3.08. The number of anilines is 1. The molecule has 5 heteroatoms. The lowest BCUT2D eigenvalue weighted by Crippen LogP contribution is -2.11. The molecule has 0 unspecified atom stereocenters. The highest BCUT2D eigenvalue weighted by molar-refractivity contribution is 6.04. The molecule has 27 heavy (non-hydrogen) atoms. The maximum Gasteiger partial charge on any atom is 0.249 e. The predicted molar refractivity (Wildman–Crippen MR) is 108 cm³/mol. The second-order valence-corrected chi connectivity index (χ2v) is 6.73. The van der Waals surface area contributed by atoms with E-state index in [1.165, 1.54) is 0 Å². The predicted octanol–water partition coefficient (Wildman–Crippen LogP) is 5.11. The van der Waals surface area contributed by atoms with Crippen molar-refractivity contribution in [2.24, 2.45) is 0 Å². The summed E-state index contributed by atoms with van der Waals surface area (Å²) in [5.41, 5.74) is 5.44. The lowest BCUT2D eigenvalue weighted by molar-refractivity contribution is -0.111. The van der Waals surface area contributed by atoms with Crippen LogP contribution in [0.2, 0.25) is 0 Å². The van der Waals surface area contributed by atoms with Crippen molar-refractivity contribution in [3.8, 4) is 5.75 Å². The van der Waals surface area contributed by atoms with Gasteiger partial charge in [-0.1, -0.05) is 6.07 Å². The molecular formula is C22H24N2O3. The third kappa shape index (κ3) is 3.45. The largest absolute Gasteiger partial charge is 0.496 e. The van der Waals surface area contributed by atoms with E-state index in [1.807, 2.05) is 52.8 Å². The standard InChI is InChI=1S/C22H24N2O3/c1-12-8-7-9-23-22(12)24-19(25)10-13(2)17-11-18-14(3)16(5)27-21(18)15(4)20(17)26-6/h7-11H,1-6H3,(H,23,24,25)/b13-10+. The summed E-state index contributed by atoms with van der Waals surface area (Å²) in [6.45, 7) is 9.76. The van der Waals surface area contributed by atoms with Crippen LogP contribution in [-0.4, -0.2) is 18.0 Å². The third-order valence-corrected chi connectivity index (χ3v) is 4.87. The number of aromatic nitrogens is 1. The van der Waals surface area contributed by atoms with Gasteiger partial charge in [0.25, 0.3) is 0 Å². The molecule has 0 aliphatic carbocycles. The quantitative estimate of drug-likeness (QED) is 0.653. The molecule has 0 aliphatic rings. The zero-order valence-electron chi connectivity index (χ0n) is 16.6. The molecule has 2 heterocycles. The van der Waals surface area contributed by atoms with E-state index in [4.69, 9.17) is 9.15 Å². The molecule has 0 fully saturated rings. The second-order valence-electron chi connectivity index (χ2n) is 6.73. The fourth-order valence-electron chi connectivity index (χ4n) is 3.21. The number of rotatable bonds is 4. The number of aryl methyl sites for hydroxylation is 4. The van der Waals surface area contributed by atoms with Gasteiger partial charge in [-0.15, -0.1) is 0 Å². The van der Waals surface area contributed by atoms with Gasteiger partial charge in [-0.25, -0.2) is 4.98 Å². The van der Waals surface area contributed by atoms with Gasteiger partial charge >= 0.3 is 0 Å². The van der Waals surface area contributed by atoms with Crippen LogP contribution in [-0.2, 0) is 4.79 Å². The molecule has 0 atom stereocenters. The number of carbonyl (C=O) groups excluding carboxylic acids is 1. The number of pyridine rings is 1. The van der Waals surface area contributed by atoms with E-state index in [9.17, 15) is 4.79 Å². The molecule has 3 rings (SSSR count). The van der Waals surface area contributed by atoms with Crippen molar-refractivity contribution in [3.63, 3.8) is 0 Å². The van der Waals surface area contributed by atoms with Gasteiger partial charge in [0.1, 0.15) is 22.9 Å². The van der Waals surface area contributed by atoms with Crippen LogP contribution in [0.3, 0.4) is 0 Å². The molecule has 0 radical (unpaired) electrons. The summed E-state index contributed by atoms with van der Waals surface area (Å²) in [7, 11) is 1.63. The summed E-state index contributed by atoms with van der Waals surface area (Å²) < 4.78 is 11.5. The van der Waals surface area contributed by atoms with Crippen LogP contribution in [0.4, 0.5) is 5.82 Å². The van der Waals surface area contributed by atoms with E-state index in [-0.39, 0.29) is 5.91 Å². The molecule has 1 amide bonds. The van der Waals surface area contributed by atoms with Crippen molar-refractivity contribution >= 4 is 28.3 Å². The number of benzene rings is 1. The molecule has 140 valence electrons. The van der Waals surface area contributed by atoms with Gasteiger partial charge in [0.05, 0.1) is 7.11 Å². The van der Waals surface area contributed by atoms with E-state index in [2.05, 4.69) is 10.3 Å². The van der Waals surface area contributed by atoms with Gasteiger partial charge in [-0.3, -0.25) is 4.79 Å². The maximum atomic E-state index is 12.5. The number of carbonyl (C=O) groups is 1. The first-order valence-electron chi connectivity index (χ1n) is 8.82. The topological polar surface area (TPSA) is 64.4 Å². The van der Waals surface area contributed by atoms with Crippen molar-refractivity contribution < 1.29 is 13.9 Å². The van der Waals surface area contributed by atoms with Crippen LogP contribution >= 0.6 is 0 Å². The van der Waals surface area contributed by atoms with Gasteiger partial charge < -0.3 is 14.5 Å². The van der Waals surface area contributed by atoms with E-state index >= 15 is 0 Å². The van der Waals surface area contributed by atoms with Crippen LogP contribution in [0.15, 0.2) is 34.9 Å². The first-order valence-corrected chi connectivity index (χ1v) is 8.82. The molecular weight excluding hydrogens is 340 g/mol. The number of nitrogens with zero attached hydrogens (tertiary/aromatic N) is 1. The van der Waals surface area contributed by atoms with Gasteiger partial charge in [-0.05, 0) is 63.5 Å². The van der Waals surface area contributed by atoms with Gasteiger partial charge in [0, 0.05) is 28.8 Å². The van der Waals surface area contributed by atoms with Crippen molar-refractivity contribution in [1.29, 1.82) is 0 Å². The number of hydrogen-bond donors (Lipinski definition) is 1. The first-order chi connectivity index (χ1) is 12.8.